The van der Waals surface area contributed by atoms with Crippen molar-refractivity contribution in [3.05, 3.63) is 12.2 Å². The van der Waals surface area contributed by atoms with Gasteiger partial charge >= 0.3 is 11.9 Å². The molecule has 0 fully saturated rings. The van der Waals surface area contributed by atoms with E-state index in [1.54, 1.807) is 21.1 Å². The van der Waals surface area contributed by atoms with Gasteiger partial charge in [0.25, 0.3) is 0 Å². The van der Waals surface area contributed by atoms with Gasteiger partial charge in [0.2, 0.25) is 0 Å². The maximum Gasteiger partial charge on any atom is 0.306 e. The van der Waals surface area contributed by atoms with E-state index >= 15 is 0 Å². The number of rotatable bonds is 41. The molecule has 0 heterocycles. The summed E-state index contributed by atoms with van der Waals surface area (Å²) < 4.78 is 17.2. The highest BCUT2D eigenvalue weighted by atomic mass is 16.6. The molecule has 0 aromatic heterocycles. The second kappa shape index (κ2) is 38.0. The van der Waals surface area contributed by atoms with Crippen molar-refractivity contribution in [3.8, 4) is 0 Å². The van der Waals surface area contributed by atoms with Gasteiger partial charge < -0.3 is 28.6 Å². The third kappa shape index (κ3) is 35.8. The van der Waals surface area contributed by atoms with Crippen LogP contribution in [0, 0.1) is 0 Å². The molecular weight excluding hydrogens is 679 g/mol. The van der Waals surface area contributed by atoms with E-state index in [1.165, 1.54) is 141 Å². The molecule has 318 valence electrons. The largest absolute Gasteiger partial charge is 0.544 e. The number of carboxylic acid groups (broad SMARTS) is 1. The van der Waals surface area contributed by atoms with Gasteiger partial charge in [0.1, 0.15) is 12.6 Å². The second-order valence-corrected chi connectivity index (χ2v) is 16.6. The van der Waals surface area contributed by atoms with Crippen LogP contribution in [-0.4, -0.2) is 75.5 Å². The fourth-order valence-corrected chi connectivity index (χ4v) is 6.83. The summed E-state index contributed by atoms with van der Waals surface area (Å²) in [6, 6.07) is -0.721. The lowest BCUT2D eigenvalue weighted by atomic mass is 10.1. The molecule has 0 saturated heterocycles. The van der Waals surface area contributed by atoms with Gasteiger partial charge in [-0.25, -0.2) is 0 Å². The first kappa shape index (κ1) is 52.1. The third-order valence-electron chi connectivity index (χ3n) is 10.4. The number of hydrogen-bond donors (Lipinski definition) is 0. The number of carbonyl (C=O) groups is 3. The number of carboxylic acids is 1. The Hall–Kier alpha value is -1.93. The van der Waals surface area contributed by atoms with E-state index in [0.717, 1.165) is 38.5 Å². The monoisotopic (exact) mass is 766 g/mol. The molecule has 0 aromatic rings. The zero-order chi connectivity index (χ0) is 40.0. The molecule has 2 unspecified atom stereocenters. The number of unbranched alkanes of at least 4 members (excludes halogenated alkanes) is 25. The Morgan fingerprint density at radius 2 is 0.926 bits per heavy atom. The van der Waals surface area contributed by atoms with Gasteiger partial charge in [-0.15, -0.1) is 0 Å². The van der Waals surface area contributed by atoms with Crippen LogP contribution in [0.2, 0.25) is 0 Å². The molecular formula is C46H87NO7. The van der Waals surface area contributed by atoms with Crippen molar-refractivity contribution < 1.29 is 38.2 Å². The summed E-state index contributed by atoms with van der Waals surface area (Å²) in [5, 5.41) is 11.6. The minimum atomic E-state index is -1.12. The first-order valence-corrected chi connectivity index (χ1v) is 22.7. The van der Waals surface area contributed by atoms with E-state index in [-0.39, 0.29) is 42.7 Å². The van der Waals surface area contributed by atoms with Crippen LogP contribution in [0.25, 0.3) is 0 Å². The van der Waals surface area contributed by atoms with Crippen molar-refractivity contribution >= 4 is 17.9 Å². The molecule has 0 saturated carbocycles. The van der Waals surface area contributed by atoms with Crippen LogP contribution >= 0.6 is 0 Å². The summed E-state index contributed by atoms with van der Waals surface area (Å²) in [5.74, 6) is -1.73. The number of likely N-dealkylation sites (N-methyl/N-ethyl adjacent to an activating group) is 1. The summed E-state index contributed by atoms with van der Waals surface area (Å²) in [5.41, 5.74) is 0. The minimum absolute atomic E-state index is 0.0444. The summed E-state index contributed by atoms with van der Waals surface area (Å²) in [4.78, 5) is 36.8. The number of quaternary nitrogens is 1. The van der Waals surface area contributed by atoms with Crippen LogP contribution in [0.15, 0.2) is 12.2 Å². The van der Waals surface area contributed by atoms with Crippen molar-refractivity contribution in [3.63, 3.8) is 0 Å². The average Bonchev–Trinajstić information content (AvgIpc) is 3.12. The molecule has 8 nitrogen and oxygen atoms in total. The number of aliphatic carboxylic acids is 1. The highest BCUT2D eigenvalue weighted by Gasteiger charge is 2.25. The molecule has 0 radical (unpaired) electrons. The number of allylic oxidation sites excluding steroid dienone is 2. The minimum Gasteiger partial charge on any atom is -0.544 e. The maximum absolute atomic E-state index is 12.7. The summed E-state index contributed by atoms with van der Waals surface area (Å²) in [6.07, 6.45) is 39.5. The summed E-state index contributed by atoms with van der Waals surface area (Å²) in [7, 11) is 5.41. The molecule has 2 atom stereocenters. The van der Waals surface area contributed by atoms with Gasteiger partial charge in [-0.05, 0) is 38.5 Å². The zero-order valence-corrected chi connectivity index (χ0v) is 36.2. The van der Waals surface area contributed by atoms with Gasteiger partial charge in [0, 0.05) is 19.3 Å². The molecule has 0 N–H and O–H groups in total. The number of nitrogens with zero attached hydrogens (tertiary/aromatic N) is 1. The van der Waals surface area contributed by atoms with E-state index < -0.39 is 18.1 Å². The average molecular weight is 766 g/mol. The SMILES string of the molecule is CCCCCCCCCC/C=C/CCCCCCCCCC(=O)OC(COCCC(C(=O)[O-])[N+](C)(C)C)COC(=O)CCCCCCCCCCCCC. The van der Waals surface area contributed by atoms with E-state index in [9.17, 15) is 19.5 Å². The Labute approximate surface area is 333 Å². The lowest BCUT2D eigenvalue weighted by molar-refractivity contribution is -0.889. The number of carbonyl (C=O) groups excluding carboxylic acids is 3. The molecule has 0 spiro atoms. The molecule has 8 heteroatoms. The molecule has 0 amide bonds. The molecule has 0 aliphatic heterocycles. The van der Waals surface area contributed by atoms with Crippen molar-refractivity contribution in [2.24, 2.45) is 0 Å². The highest BCUT2D eigenvalue weighted by molar-refractivity contribution is 5.70. The van der Waals surface area contributed by atoms with Crippen molar-refractivity contribution in [2.75, 3.05) is 41.0 Å². The van der Waals surface area contributed by atoms with E-state index in [1.807, 2.05) is 0 Å². The number of ether oxygens (including phenoxy) is 3. The lowest BCUT2D eigenvalue weighted by Gasteiger charge is -2.34. The van der Waals surface area contributed by atoms with Crippen LogP contribution in [0.5, 0.6) is 0 Å². The molecule has 0 rings (SSSR count). The van der Waals surface area contributed by atoms with E-state index in [2.05, 4.69) is 26.0 Å². The molecule has 0 aliphatic rings. The Morgan fingerprint density at radius 1 is 0.537 bits per heavy atom. The van der Waals surface area contributed by atoms with Crippen LogP contribution in [-0.2, 0) is 28.6 Å². The van der Waals surface area contributed by atoms with Crippen molar-refractivity contribution in [1.29, 1.82) is 0 Å². The van der Waals surface area contributed by atoms with Crippen LogP contribution < -0.4 is 5.11 Å². The summed E-state index contributed by atoms with van der Waals surface area (Å²) in [6.45, 7) is 4.67. The standard InChI is InChI=1S/C46H87NO7/c1-6-8-10-12-14-16-18-19-20-21-22-23-24-25-27-29-31-33-35-37-45(49)54-42(40-52-39-38-43(46(50)51)47(3,4)5)41-53-44(48)36-34-32-30-28-26-17-15-13-11-9-7-2/h21-22,42-43H,6-20,23-41H2,1-5H3/b22-21+. The highest BCUT2D eigenvalue weighted by Crippen LogP contribution is 2.15. The Morgan fingerprint density at radius 3 is 1.33 bits per heavy atom. The number of hydrogen-bond acceptors (Lipinski definition) is 7. The van der Waals surface area contributed by atoms with Crippen LogP contribution in [0.1, 0.15) is 213 Å². The maximum atomic E-state index is 12.7. The Bertz CT molecular complexity index is 900. The Kier molecular flexibility index (Phi) is 36.6. The lowest BCUT2D eigenvalue weighted by Crippen LogP contribution is -2.55. The van der Waals surface area contributed by atoms with Crippen LogP contribution in [0.3, 0.4) is 0 Å². The van der Waals surface area contributed by atoms with Crippen LogP contribution in [0.4, 0.5) is 0 Å². The normalized spacial score (nSPS) is 13.0. The van der Waals surface area contributed by atoms with Gasteiger partial charge in [-0.3, -0.25) is 9.59 Å². The van der Waals surface area contributed by atoms with Crippen molar-refractivity contribution in [1.82, 2.24) is 0 Å². The predicted molar refractivity (Wildman–Crippen MR) is 222 cm³/mol. The first-order chi connectivity index (χ1) is 26.1. The first-order valence-electron chi connectivity index (χ1n) is 22.7. The molecule has 0 bridgehead atoms. The van der Waals surface area contributed by atoms with Gasteiger partial charge in [-0.2, -0.15) is 0 Å². The zero-order valence-electron chi connectivity index (χ0n) is 36.2. The third-order valence-corrected chi connectivity index (χ3v) is 10.4. The topological polar surface area (TPSA) is 102 Å². The molecule has 0 aromatic carbocycles. The van der Waals surface area contributed by atoms with E-state index in [4.69, 9.17) is 14.2 Å². The smallest absolute Gasteiger partial charge is 0.306 e. The van der Waals surface area contributed by atoms with Gasteiger partial charge in [0.05, 0.1) is 40.3 Å². The molecule has 54 heavy (non-hydrogen) atoms. The summed E-state index contributed by atoms with van der Waals surface area (Å²) >= 11 is 0. The van der Waals surface area contributed by atoms with E-state index in [0.29, 0.717) is 12.8 Å². The fourth-order valence-electron chi connectivity index (χ4n) is 6.83. The quantitative estimate of drug-likeness (QED) is 0.0264. The second-order valence-electron chi connectivity index (χ2n) is 16.6. The fraction of sp³-hybridized carbons (Fsp3) is 0.891. The Balaban J connectivity index is 4.27. The van der Waals surface area contributed by atoms with Gasteiger partial charge in [-0.1, -0.05) is 167 Å². The van der Waals surface area contributed by atoms with Crippen molar-refractivity contribution in [2.45, 2.75) is 225 Å². The number of esters is 2. The van der Waals surface area contributed by atoms with Gasteiger partial charge in [0.15, 0.2) is 6.10 Å². The predicted octanol–water partition coefficient (Wildman–Crippen LogP) is 11.0. The molecule has 0 aliphatic carbocycles.